The van der Waals surface area contributed by atoms with Gasteiger partial charge < -0.3 is 9.64 Å². The number of carbonyl (C=O) groups is 4. The lowest BCUT2D eigenvalue weighted by Gasteiger charge is -2.21. The van der Waals surface area contributed by atoms with Crippen molar-refractivity contribution in [1.29, 1.82) is 0 Å². The maximum Gasteiger partial charge on any atom is 0.316 e. The van der Waals surface area contributed by atoms with Crippen molar-refractivity contribution in [3.63, 3.8) is 0 Å². The van der Waals surface area contributed by atoms with Crippen molar-refractivity contribution in [2.75, 3.05) is 16.3 Å². The fourth-order valence-corrected chi connectivity index (χ4v) is 4.30. The van der Waals surface area contributed by atoms with E-state index in [0.29, 0.717) is 17.0 Å². The SMILES string of the molecule is Cc1cc(OC(=O)[C@H]2CC(=O)N(c3c(C)cccc3C)C2)ccc1N1C(=O)CCC1=O. The second-order valence-corrected chi connectivity index (χ2v) is 8.14. The van der Waals surface area contributed by atoms with Gasteiger partial charge in [-0.2, -0.15) is 0 Å². The average molecular weight is 420 g/mol. The smallest absolute Gasteiger partial charge is 0.316 e. The summed E-state index contributed by atoms with van der Waals surface area (Å²) in [7, 11) is 0. The second kappa shape index (κ2) is 7.98. The number of ether oxygens (including phenoxy) is 1. The van der Waals surface area contributed by atoms with Crippen LogP contribution in [0.15, 0.2) is 36.4 Å². The summed E-state index contributed by atoms with van der Waals surface area (Å²) in [6, 6.07) is 10.6. The molecule has 0 bridgehead atoms. The molecule has 4 rings (SSSR count). The van der Waals surface area contributed by atoms with Crippen LogP contribution in [0.1, 0.15) is 36.0 Å². The molecule has 7 nitrogen and oxygen atoms in total. The molecule has 160 valence electrons. The van der Waals surface area contributed by atoms with Gasteiger partial charge in [-0.05, 0) is 55.7 Å². The van der Waals surface area contributed by atoms with Gasteiger partial charge in [0.2, 0.25) is 17.7 Å². The predicted octanol–water partition coefficient (Wildman–Crippen LogP) is 3.22. The topological polar surface area (TPSA) is 84.0 Å². The number of para-hydroxylation sites is 1. The van der Waals surface area contributed by atoms with E-state index in [1.165, 1.54) is 4.90 Å². The Bertz CT molecular complexity index is 1070. The molecule has 0 spiro atoms. The van der Waals surface area contributed by atoms with Gasteiger partial charge >= 0.3 is 5.97 Å². The number of imide groups is 1. The molecular weight excluding hydrogens is 396 g/mol. The van der Waals surface area contributed by atoms with Crippen LogP contribution in [0.3, 0.4) is 0 Å². The number of rotatable bonds is 4. The summed E-state index contributed by atoms with van der Waals surface area (Å²) in [5.41, 5.74) is 3.99. The summed E-state index contributed by atoms with van der Waals surface area (Å²) in [4.78, 5) is 52.2. The van der Waals surface area contributed by atoms with Crippen LogP contribution < -0.4 is 14.5 Å². The molecule has 2 saturated heterocycles. The zero-order valence-electron chi connectivity index (χ0n) is 17.8. The third-order valence-corrected chi connectivity index (χ3v) is 5.85. The molecule has 31 heavy (non-hydrogen) atoms. The monoisotopic (exact) mass is 420 g/mol. The van der Waals surface area contributed by atoms with E-state index in [1.807, 2.05) is 32.0 Å². The molecule has 2 aliphatic rings. The molecule has 2 aromatic carbocycles. The molecule has 0 unspecified atom stereocenters. The molecule has 0 N–H and O–H groups in total. The van der Waals surface area contributed by atoms with Gasteiger partial charge in [-0.3, -0.25) is 24.1 Å². The maximum absolute atomic E-state index is 12.7. The molecule has 2 fully saturated rings. The predicted molar refractivity (Wildman–Crippen MR) is 115 cm³/mol. The number of aryl methyl sites for hydroxylation is 3. The van der Waals surface area contributed by atoms with Crippen LogP contribution in [0.2, 0.25) is 0 Å². The van der Waals surface area contributed by atoms with E-state index in [4.69, 9.17) is 4.74 Å². The Morgan fingerprint density at radius 2 is 1.55 bits per heavy atom. The van der Waals surface area contributed by atoms with E-state index in [-0.39, 0.29) is 43.5 Å². The number of amides is 3. The fraction of sp³-hybridized carbons (Fsp3) is 0.333. The van der Waals surface area contributed by atoms with E-state index in [9.17, 15) is 19.2 Å². The molecule has 7 heteroatoms. The highest BCUT2D eigenvalue weighted by atomic mass is 16.5. The largest absolute Gasteiger partial charge is 0.426 e. The van der Waals surface area contributed by atoms with Crippen molar-refractivity contribution in [3.8, 4) is 5.75 Å². The number of esters is 1. The van der Waals surface area contributed by atoms with Crippen molar-refractivity contribution < 1.29 is 23.9 Å². The molecule has 0 aliphatic carbocycles. The van der Waals surface area contributed by atoms with E-state index < -0.39 is 11.9 Å². The van der Waals surface area contributed by atoms with Crippen LogP contribution in [-0.2, 0) is 19.2 Å². The van der Waals surface area contributed by atoms with Crippen molar-refractivity contribution >= 4 is 35.1 Å². The summed E-state index contributed by atoms with van der Waals surface area (Å²) in [6.45, 7) is 5.92. The number of hydrogen-bond donors (Lipinski definition) is 0. The Morgan fingerprint density at radius 3 is 2.16 bits per heavy atom. The summed E-state index contributed by atoms with van der Waals surface area (Å²) in [5.74, 6) is -1.26. The van der Waals surface area contributed by atoms with Gasteiger partial charge in [-0.15, -0.1) is 0 Å². The minimum Gasteiger partial charge on any atom is -0.426 e. The van der Waals surface area contributed by atoms with Crippen molar-refractivity contribution in [3.05, 3.63) is 53.1 Å². The first kappa shape index (κ1) is 20.8. The fourth-order valence-electron chi connectivity index (χ4n) is 4.30. The van der Waals surface area contributed by atoms with Crippen molar-refractivity contribution in [2.45, 2.75) is 40.0 Å². The Hall–Kier alpha value is -3.48. The summed E-state index contributed by atoms with van der Waals surface area (Å²) in [5, 5.41) is 0. The van der Waals surface area contributed by atoms with Gasteiger partial charge in [0, 0.05) is 31.5 Å². The van der Waals surface area contributed by atoms with E-state index in [0.717, 1.165) is 16.8 Å². The standard InChI is InChI=1S/C24H24N2O5/c1-14-5-4-6-15(2)23(14)25-13-17(12-22(25)29)24(30)31-18-7-8-19(16(3)11-18)26-20(27)9-10-21(26)28/h4-8,11,17H,9-10,12-13H2,1-3H3/t17-/m0/s1. The molecule has 2 heterocycles. The minimum absolute atomic E-state index is 0.0977. The highest BCUT2D eigenvalue weighted by molar-refractivity contribution is 6.20. The summed E-state index contributed by atoms with van der Waals surface area (Å²) >= 11 is 0. The normalized spacial score (nSPS) is 18.8. The molecule has 3 amide bonds. The first-order valence-electron chi connectivity index (χ1n) is 10.3. The Morgan fingerprint density at radius 1 is 0.903 bits per heavy atom. The summed E-state index contributed by atoms with van der Waals surface area (Å²) in [6.07, 6.45) is 0.517. The summed E-state index contributed by atoms with van der Waals surface area (Å²) < 4.78 is 5.54. The molecule has 0 saturated carbocycles. The van der Waals surface area contributed by atoms with Gasteiger partial charge in [0.15, 0.2) is 0 Å². The number of hydrogen-bond acceptors (Lipinski definition) is 5. The number of nitrogens with zero attached hydrogens (tertiary/aromatic N) is 2. The van der Waals surface area contributed by atoms with Gasteiger partial charge in [-0.25, -0.2) is 0 Å². The minimum atomic E-state index is -0.562. The first-order valence-corrected chi connectivity index (χ1v) is 10.3. The lowest BCUT2D eigenvalue weighted by atomic mass is 10.1. The van der Waals surface area contributed by atoms with Crippen molar-refractivity contribution in [1.82, 2.24) is 0 Å². The molecule has 0 aromatic heterocycles. The zero-order chi connectivity index (χ0) is 22.3. The van der Waals surface area contributed by atoms with Crippen LogP contribution in [0, 0.1) is 26.7 Å². The quantitative estimate of drug-likeness (QED) is 0.431. The van der Waals surface area contributed by atoms with Crippen LogP contribution in [0.5, 0.6) is 5.75 Å². The second-order valence-electron chi connectivity index (χ2n) is 8.14. The number of carbonyl (C=O) groups excluding carboxylic acids is 4. The van der Waals surface area contributed by atoms with E-state index >= 15 is 0 Å². The Kier molecular flexibility index (Phi) is 5.35. The zero-order valence-corrected chi connectivity index (χ0v) is 17.8. The molecule has 2 aromatic rings. The maximum atomic E-state index is 12.7. The lowest BCUT2D eigenvalue weighted by molar-refractivity contribution is -0.139. The molecular formula is C24H24N2O5. The molecule has 0 radical (unpaired) electrons. The van der Waals surface area contributed by atoms with E-state index in [2.05, 4.69) is 0 Å². The van der Waals surface area contributed by atoms with Crippen LogP contribution in [0.25, 0.3) is 0 Å². The third-order valence-electron chi connectivity index (χ3n) is 5.85. The van der Waals surface area contributed by atoms with Crippen LogP contribution >= 0.6 is 0 Å². The van der Waals surface area contributed by atoms with E-state index in [1.54, 1.807) is 30.0 Å². The van der Waals surface area contributed by atoms with Gasteiger partial charge in [0.05, 0.1) is 11.6 Å². The third kappa shape index (κ3) is 3.83. The lowest BCUT2D eigenvalue weighted by Crippen LogP contribution is -2.29. The molecule has 1 atom stereocenters. The Balaban J connectivity index is 1.48. The van der Waals surface area contributed by atoms with Crippen molar-refractivity contribution in [2.24, 2.45) is 5.92 Å². The number of anilines is 2. The number of benzene rings is 2. The molecule has 2 aliphatic heterocycles. The van der Waals surface area contributed by atoms with Gasteiger partial charge in [0.25, 0.3) is 0 Å². The van der Waals surface area contributed by atoms with Gasteiger partial charge in [0.1, 0.15) is 5.75 Å². The average Bonchev–Trinajstić information content (AvgIpc) is 3.25. The Labute approximate surface area is 180 Å². The highest BCUT2D eigenvalue weighted by Crippen LogP contribution is 2.33. The first-order chi connectivity index (χ1) is 14.8. The highest BCUT2D eigenvalue weighted by Gasteiger charge is 2.37. The van der Waals surface area contributed by atoms with Crippen LogP contribution in [0.4, 0.5) is 11.4 Å². The van der Waals surface area contributed by atoms with Crippen LogP contribution in [-0.4, -0.2) is 30.2 Å². The van der Waals surface area contributed by atoms with Gasteiger partial charge in [-0.1, -0.05) is 18.2 Å².